The lowest BCUT2D eigenvalue weighted by Crippen LogP contribution is -2.27. The summed E-state index contributed by atoms with van der Waals surface area (Å²) >= 11 is 0. The van der Waals surface area contributed by atoms with E-state index in [1.165, 1.54) is 14.2 Å². The average molecular weight is 222 g/mol. The third-order valence-corrected chi connectivity index (χ3v) is 3.04. The van der Waals surface area contributed by atoms with Crippen LogP contribution in [0.2, 0.25) is 0 Å². The van der Waals surface area contributed by atoms with Gasteiger partial charge in [0, 0.05) is 11.1 Å². The number of methoxy groups -OCH3 is 2. The summed E-state index contributed by atoms with van der Waals surface area (Å²) in [7, 11) is 2.77. The number of Topliss-reactive ketones (excluding diaryl/α,β-unsaturated/α-hetero) is 2. The molecule has 0 amide bonds. The van der Waals surface area contributed by atoms with E-state index in [0.29, 0.717) is 24.0 Å². The van der Waals surface area contributed by atoms with E-state index in [1.54, 1.807) is 0 Å². The highest BCUT2D eigenvalue weighted by Crippen LogP contribution is 2.34. The van der Waals surface area contributed by atoms with Crippen molar-refractivity contribution in [1.82, 2.24) is 0 Å². The van der Waals surface area contributed by atoms with Gasteiger partial charge in [0.15, 0.2) is 0 Å². The summed E-state index contributed by atoms with van der Waals surface area (Å²) in [5.41, 5.74) is 1.24. The SMILES string of the molecule is COC1=C(OC)C(=O)C2=C(CCCC2)C1=O. The summed E-state index contributed by atoms with van der Waals surface area (Å²) in [4.78, 5) is 24.1. The number of hydrogen-bond acceptors (Lipinski definition) is 4. The van der Waals surface area contributed by atoms with Gasteiger partial charge in [0.25, 0.3) is 0 Å². The lowest BCUT2D eigenvalue weighted by atomic mass is 9.82. The summed E-state index contributed by atoms with van der Waals surface area (Å²) in [6, 6.07) is 0. The van der Waals surface area contributed by atoms with E-state index in [4.69, 9.17) is 9.47 Å². The molecule has 0 heterocycles. The van der Waals surface area contributed by atoms with Crippen LogP contribution < -0.4 is 0 Å². The Morgan fingerprint density at radius 1 is 0.812 bits per heavy atom. The highest BCUT2D eigenvalue weighted by atomic mass is 16.5. The monoisotopic (exact) mass is 222 g/mol. The zero-order chi connectivity index (χ0) is 11.7. The Labute approximate surface area is 93.9 Å². The van der Waals surface area contributed by atoms with Gasteiger partial charge in [-0.2, -0.15) is 0 Å². The second-order valence-corrected chi connectivity index (χ2v) is 3.89. The second kappa shape index (κ2) is 4.12. The molecule has 86 valence electrons. The molecule has 0 unspecified atom stereocenters. The Hall–Kier alpha value is -1.58. The molecule has 0 atom stereocenters. The van der Waals surface area contributed by atoms with E-state index in [2.05, 4.69) is 0 Å². The molecule has 4 heteroatoms. The van der Waals surface area contributed by atoms with Crippen LogP contribution in [0.3, 0.4) is 0 Å². The van der Waals surface area contributed by atoms with E-state index in [0.717, 1.165) is 12.8 Å². The molecule has 0 N–H and O–H groups in total. The van der Waals surface area contributed by atoms with Gasteiger partial charge in [-0.05, 0) is 25.7 Å². The molecule has 0 aliphatic heterocycles. The summed E-state index contributed by atoms with van der Waals surface area (Å²) in [5.74, 6) is -0.274. The molecule has 0 spiro atoms. The molecule has 0 bridgehead atoms. The van der Waals surface area contributed by atoms with Crippen molar-refractivity contribution < 1.29 is 19.1 Å². The highest BCUT2D eigenvalue weighted by Gasteiger charge is 2.37. The molecule has 0 fully saturated rings. The van der Waals surface area contributed by atoms with Crippen LogP contribution in [0.15, 0.2) is 22.7 Å². The third kappa shape index (κ3) is 1.45. The molecule has 0 radical (unpaired) electrons. The van der Waals surface area contributed by atoms with Crippen LogP contribution in [0.1, 0.15) is 25.7 Å². The Balaban J connectivity index is 2.49. The Bertz CT molecular complexity index is 359. The quantitative estimate of drug-likeness (QED) is 0.664. The average Bonchev–Trinajstić information content (AvgIpc) is 2.33. The third-order valence-electron chi connectivity index (χ3n) is 3.04. The van der Waals surface area contributed by atoms with E-state index < -0.39 is 0 Å². The number of carbonyl (C=O) groups is 2. The fourth-order valence-electron chi connectivity index (χ4n) is 2.26. The van der Waals surface area contributed by atoms with Crippen molar-refractivity contribution in [2.75, 3.05) is 14.2 Å². The largest absolute Gasteiger partial charge is 0.489 e. The minimum atomic E-state index is -0.186. The van der Waals surface area contributed by atoms with Gasteiger partial charge in [0.1, 0.15) is 0 Å². The first kappa shape index (κ1) is 10.9. The van der Waals surface area contributed by atoms with Crippen LogP contribution in [0.25, 0.3) is 0 Å². The van der Waals surface area contributed by atoms with Gasteiger partial charge >= 0.3 is 0 Å². The molecule has 0 aromatic rings. The first-order valence-corrected chi connectivity index (χ1v) is 5.34. The molecule has 16 heavy (non-hydrogen) atoms. The van der Waals surface area contributed by atoms with Crippen molar-refractivity contribution in [2.24, 2.45) is 0 Å². The molecule has 0 saturated heterocycles. The minimum Gasteiger partial charge on any atom is -0.489 e. The maximum Gasteiger partial charge on any atom is 0.228 e. The van der Waals surface area contributed by atoms with E-state index in [9.17, 15) is 9.59 Å². The Morgan fingerprint density at radius 3 is 1.50 bits per heavy atom. The number of allylic oxidation sites excluding steroid dienone is 2. The number of hydrogen-bond donors (Lipinski definition) is 0. The lowest BCUT2D eigenvalue weighted by molar-refractivity contribution is -0.121. The second-order valence-electron chi connectivity index (χ2n) is 3.89. The van der Waals surface area contributed by atoms with E-state index in [1.807, 2.05) is 0 Å². The van der Waals surface area contributed by atoms with E-state index in [-0.39, 0.29) is 23.1 Å². The van der Waals surface area contributed by atoms with Crippen molar-refractivity contribution in [3.63, 3.8) is 0 Å². The summed E-state index contributed by atoms with van der Waals surface area (Å²) in [5, 5.41) is 0. The summed E-state index contributed by atoms with van der Waals surface area (Å²) < 4.78 is 9.95. The van der Waals surface area contributed by atoms with Crippen molar-refractivity contribution >= 4 is 11.6 Å². The smallest absolute Gasteiger partial charge is 0.228 e. The van der Waals surface area contributed by atoms with Gasteiger partial charge in [-0.15, -0.1) is 0 Å². The minimum absolute atomic E-state index is 0.0492. The number of rotatable bonds is 2. The number of ether oxygens (including phenoxy) is 2. The van der Waals surface area contributed by atoms with Crippen molar-refractivity contribution in [3.05, 3.63) is 22.7 Å². The zero-order valence-corrected chi connectivity index (χ0v) is 9.46. The van der Waals surface area contributed by atoms with E-state index >= 15 is 0 Å². The van der Waals surface area contributed by atoms with Gasteiger partial charge in [0.05, 0.1) is 14.2 Å². The zero-order valence-electron chi connectivity index (χ0n) is 9.46. The van der Waals surface area contributed by atoms with Crippen molar-refractivity contribution in [3.8, 4) is 0 Å². The normalized spacial score (nSPS) is 21.1. The predicted octanol–water partition coefficient (Wildman–Crippen LogP) is 1.51. The summed E-state index contributed by atoms with van der Waals surface area (Å²) in [6.45, 7) is 0. The number of ketones is 2. The molecule has 2 rings (SSSR count). The first-order valence-electron chi connectivity index (χ1n) is 5.34. The maximum absolute atomic E-state index is 12.0. The first-order chi connectivity index (χ1) is 7.70. The maximum atomic E-state index is 12.0. The molecular formula is C12H14O4. The lowest BCUT2D eigenvalue weighted by Gasteiger charge is -2.24. The van der Waals surface area contributed by atoms with Crippen molar-refractivity contribution in [1.29, 1.82) is 0 Å². The molecule has 0 aromatic carbocycles. The van der Waals surface area contributed by atoms with Gasteiger partial charge in [0.2, 0.25) is 23.1 Å². The van der Waals surface area contributed by atoms with Crippen LogP contribution in [0.5, 0.6) is 0 Å². The van der Waals surface area contributed by atoms with Gasteiger partial charge in [-0.1, -0.05) is 0 Å². The van der Waals surface area contributed by atoms with Crippen LogP contribution in [0, 0.1) is 0 Å². The Kier molecular flexibility index (Phi) is 2.81. The fourth-order valence-corrected chi connectivity index (χ4v) is 2.26. The predicted molar refractivity (Wildman–Crippen MR) is 56.6 cm³/mol. The molecule has 2 aliphatic rings. The standard InChI is InChI=1S/C12H14O4/c1-15-11-9(13)7-5-3-4-6-8(7)10(14)12(11)16-2/h3-6H2,1-2H3. The topological polar surface area (TPSA) is 52.6 Å². The molecule has 0 aromatic heterocycles. The van der Waals surface area contributed by atoms with Crippen molar-refractivity contribution in [2.45, 2.75) is 25.7 Å². The molecule has 4 nitrogen and oxygen atoms in total. The van der Waals surface area contributed by atoms with Crippen LogP contribution in [-0.4, -0.2) is 25.8 Å². The van der Waals surface area contributed by atoms with Crippen LogP contribution in [0.4, 0.5) is 0 Å². The highest BCUT2D eigenvalue weighted by molar-refractivity contribution is 6.23. The summed E-state index contributed by atoms with van der Waals surface area (Å²) in [6.07, 6.45) is 3.25. The Morgan fingerprint density at radius 2 is 1.19 bits per heavy atom. The molecule has 2 aliphatic carbocycles. The molecular weight excluding hydrogens is 208 g/mol. The van der Waals surface area contributed by atoms with Crippen LogP contribution in [-0.2, 0) is 19.1 Å². The van der Waals surface area contributed by atoms with Crippen LogP contribution >= 0.6 is 0 Å². The van der Waals surface area contributed by atoms with Gasteiger partial charge in [-0.25, -0.2) is 0 Å². The fraction of sp³-hybridized carbons (Fsp3) is 0.500. The molecule has 0 saturated carbocycles. The van der Waals surface area contributed by atoms with Gasteiger partial charge < -0.3 is 9.47 Å². The van der Waals surface area contributed by atoms with Gasteiger partial charge in [-0.3, -0.25) is 9.59 Å². The number of carbonyl (C=O) groups excluding carboxylic acids is 2.